The van der Waals surface area contributed by atoms with Gasteiger partial charge in [-0.15, -0.1) is 0 Å². The van der Waals surface area contributed by atoms with Crippen LogP contribution in [0.15, 0.2) is 34.5 Å². The van der Waals surface area contributed by atoms with Gasteiger partial charge in [-0.3, -0.25) is 0 Å². The van der Waals surface area contributed by atoms with Crippen LogP contribution in [0.5, 0.6) is 0 Å². The first-order valence-corrected chi connectivity index (χ1v) is 7.23. The Kier molecular flexibility index (Phi) is 6.51. The molecule has 0 radical (unpaired) electrons. The van der Waals surface area contributed by atoms with E-state index >= 15 is 0 Å². The molecule has 0 saturated heterocycles. The highest BCUT2D eigenvalue weighted by atomic mass is 127. The van der Waals surface area contributed by atoms with Crippen LogP contribution in [-0.2, 0) is 6.42 Å². The number of pyridine rings is 1. The highest BCUT2D eigenvalue weighted by Gasteiger charge is 2.18. The lowest BCUT2D eigenvalue weighted by atomic mass is 10.2. The van der Waals surface area contributed by atoms with Crippen molar-refractivity contribution in [2.24, 2.45) is 0 Å². The van der Waals surface area contributed by atoms with Gasteiger partial charge in [0.25, 0.3) is 0 Å². The molecule has 0 unspecified atom stereocenters. The van der Waals surface area contributed by atoms with Crippen molar-refractivity contribution in [3.8, 4) is 0 Å². The Balaban J connectivity index is 3.10. The topological polar surface area (TPSA) is 76.2 Å². The molecule has 3 N–H and O–H groups in total. The van der Waals surface area contributed by atoms with Crippen molar-refractivity contribution in [2.45, 2.75) is 6.42 Å². The van der Waals surface area contributed by atoms with Gasteiger partial charge in [-0.25, -0.2) is 9.78 Å². The molecule has 7 heteroatoms. The average Bonchev–Trinajstić information content (AvgIpc) is 2.38. The third kappa shape index (κ3) is 4.22. The molecule has 0 aliphatic carbocycles. The minimum Gasteiger partial charge on any atom is -0.476 e. The molecule has 0 atom stereocenters. The summed E-state index contributed by atoms with van der Waals surface area (Å²) >= 11 is 14.0. The molecule has 0 aliphatic rings. The molecule has 0 saturated carbocycles. The maximum absolute atomic E-state index is 11.0. The fourth-order valence-electron chi connectivity index (χ4n) is 1.34. The molecule has 1 heterocycles. The van der Waals surface area contributed by atoms with Gasteiger partial charge in [0, 0.05) is 10.0 Å². The van der Waals surface area contributed by atoms with Crippen LogP contribution in [0.4, 0.5) is 5.69 Å². The number of carbonyl (C=O) groups is 1. The highest BCUT2D eigenvalue weighted by Crippen LogP contribution is 2.32. The molecule has 0 amide bonds. The number of anilines is 1. The first-order valence-electron chi connectivity index (χ1n) is 5.39. The fraction of sp³-hybridized carbons (Fsp3) is 0.0769. The van der Waals surface area contributed by atoms with E-state index in [1.807, 2.05) is 12.2 Å². The SMILES string of the molecule is C=C/C=C(I)\C=C/Cc1nc(C(=O)O)c(Cl)c(N)c1Cl. The van der Waals surface area contributed by atoms with Gasteiger partial charge >= 0.3 is 5.97 Å². The molecule has 1 aromatic rings. The van der Waals surface area contributed by atoms with E-state index in [9.17, 15) is 4.79 Å². The van der Waals surface area contributed by atoms with E-state index in [0.29, 0.717) is 12.1 Å². The smallest absolute Gasteiger partial charge is 0.356 e. The normalized spacial score (nSPS) is 11.8. The number of carboxylic acids is 1. The number of rotatable bonds is 5. The Labute approximate surface area is 140 Å². The van der Waals surface area contributed by atoms with Crippen LogP contribution < -0.4 is 5.73 Å². The first-order chi connectivity index (χ1) is 9.38. The number of nitrogens with zero attached hydrogens (tertiary/aromatic N) is 1. The zero-order valence-electron chi connectivity index (χ0n) is 10.2. The van der Waals surface area contributed by atoms with Crippen molar-refractivity contribution in [1.29, 1.82) is 0 Å². The Morgan fingerprint density at radius 3 is 2.65 bits per heavy atom. The predicted molar refractivity (Wildman–Crippen MR) is 90.8 cm³/mol. The van der Waals surface area contributed by atoms with Crippen LogP contribution in [0.25, 0.3) is 0 Å². The lowest BCUT2D eigenvalue weighted by Crippen LogP contribution is -2.07. The van der Waals surface area contributed by atoms with Crippen molar-refractivity contribution in [3.63, 3.8) is 0 Å². The number of carboxylic acid groups (broad SMARTS) is 1. The molecule has 0 fully saturated rings. The summed E-state index contributed by atoms with van der Waals surface area (Å²) in [6.45, 7) is 3.59. The van der Waals surface area contributed by atoms with Crippen molar-refractivity contribution < 1.29 is 9.90 Å². The molecule has 1 aromatic heterocycles. The van der Waals surface area contributed by atoms with E-state index in [1.54, 1.807) is 12.2 Å². The molecule has 4 nitrogen and oxygen atoms in total. The highest BCUT2D eigenvalue weighted by molar-refractivity contribution is 14.1. The van der Waals surface area contributed by atoms with Gasteiger partial charge in [0.2, 0.25) is 0 Å². The van der Waals surface area contributed by atoms with Crippen LogP contribution in [0.1, 0.15) is 16.2 Å². The second-order valence-corrected chi connectivity index (χ2v) is 5.65. The predicted octanol–water partition coefficient (Wildman–Crippen LogP) is 4.27. The maximum Gasteiger partial charge on any atom is 0.356 e. The van der Waals surface area contributed by atoms with Gasteiger partial charge in [-0.1, -0.05) is 48.0 Å². The summed E-state index contributed by atoms with van der Waals surface area (Å²) in [6, 6.07) is 0. The number of allylic oxidation sites excluding steroid dienone is 5. The van der Waals surface area contributed by atoms with Gasteiger partial charge in [0.15, 0.2) is 5.69 Å². The largest absolute Gasteiger partial charge is 0.476 e. The van der Waals surface area contributed by atoms with E-state index in [-0.39, 0.29) is 21.4 Å². The van der Waals surface area contributed by atoms with Crippen LogP contribution >= 0.6 is 45.8 Å². The third-order valence-electron chi connectivity index (χ3n) is 2.25. The lowest BCUT2D eigenvalue weighted by molar-refractivity contribution is 0.0690. The van der Waals surface area contributed by atoms with Gasteiger partial charge in [0.05, 0.1) is 21.4 Å². The molecule has 106 valence electrons. The standard InChI is InChI=1S/C13H11Cl2IN2O2/c1-2-4-7(16)5-3-6-8-9(14)11(17)10(15)12(18-8)13(19)20/h2-5H,1,6H2,(H2,17,18)(H,19,20)/b5-3-,7-4+. The van der Waals surface area contributed by atoms with Crippen LogP contribution in [0, 0.1) is 0 Å². The van der Waals surface area contributed by atoms with Crippen LogP contribution in [-0.4, -0.2) is 16.1 Å². The molecule has 0 spiro atoms. The Bertz CT molecular complexity index is 613. The molecule has 20 heavy (non-hydrogen) atoms. The minimum absolute atomic E-state index is 0.0282. The van der Waals surface area contributed by atoms with Gasteiger partial charge in [-0.2, -0.15) is 0 Å². The van der Waals surface area contributed by atoms with Crippen molar-refractivity contribution in [1.82, 2.24) is 4.98 Å². The molecular formula is C13H11Cl2IN2O2. The number of halogens is 3. The molecule has 0 aromatic carbocycles. The monoisotopic (exact) mass is 424 g/mol. The Hall–Kier alpha value is -1.05. The zero-order chi connectivity index (χ0) is 15.3. The first kappa shape index (κ1) is 17.0. The van der Waals surface area contributed by atoms with E-state index in [1.165, 1.54) is 0 Å². The van der Waals surface area contributed by atoms with Gasteiger partial charge < -0.3 is 10.8 Å². The number of aromatic nitrogens is 1. The van der Waals surface area contributed by atoms with Crippen molar-refractivity contribution >= 4 is 57.4 Å². The number of aromatic carboxylic acids is 1. The number of nitrogens with two attached hydrogens (primary N) is 1. The quantitative estimate of drug-likeness (QED) is 0.546. The summed E-state index contributed by atoms with van der Waals surface area (Å²) in [6.07, 6.45) is 7.48. The summed E-state index contributed by atoms with van der Waals surface area (Å²) in [5.41, 5.74) is 5.78. The Morgan fingerprint density at radius 1 is 1.45 bits per heavy atom. The number of nitrogen functional groups attached to an aromatic ring is 1. The maximum atomic E-state index is 11.0. The summed E-state index contributed by atoms with van der Waals surface area (Å²) in [4.78, 5) is 15.0. The Morgan fingerprint density at radius 2 is 2.10 bits per heavy atom. The average molecular weight is 425 g/mol. The van der Waals surface area contributed by atoms with Gasteiger partial charge in [-0.05, 0) is 28.7 Å². The number of hydrogen-bond acceptors (Lipinski definition) is 3. The number of hydrogen-bond donors (Lipinski definition) is 2. The van der Waals surface area contributed by atoms with E-state index in [4.69, 9.17) is 34.0 Å². The molecule has 0 aliphatic heterocycles. The second-order valence-electron chi connectivity index (χ2n) is 3.65. The minimum atomic E-state index is -1.25. The molecular weight excluding hydrogens is 414 g/mol. The molecule has 1 rings (SSSR count). The summed E-state index contributed by atoms with van der Waals surface area (Å²) < 4.78 is 0.967. The van der Waals surface area contributed by atoms with E-state index in [0.717, 1.165) is 3.58 Å². The van der Waals surface area contributed by atoms with Gasteiger partial charge in [0.1, 0.15) is 0 Å². The van der Waals surface area contributed by atoms with Crippen LogP contribution in [0.3, 0.4) is 0 Å². The summed E-state index contributed by atoms with van der Waals surface area (Å²) in [5, 5.41) is 9.04. The van der Waals surface area contributed by atoms with E-state index in [2.05, 4.69) is 34.2 Å². The lowest BCUT2D eigenvalue weighted by Gasteiger charge is -2.08. The fourth-order valence-corrected chi connectivity index (χ4v) is 2.33. The molecule has 0 bridgehead atoms. The third-order valence-corrected chi connectivity index (χ3v) is 3.77. The van der Waals surface area contributed by atoms with E-state index < -0.39 is 5.97 Å². The van der Waals surface area contributed by atoms with Crippen LogP contribution in [0.2, 0.25) is 10.0 Å². The summed E-state index contributed by atoms with van der Waals surface area (Å²) in [5.74, 6) is -1.25. The van der Waals surface area contributed by atoms with Crippen molar-refractivity contribution in [3.05, 3.63) is 55.9 Å². The zero-order valence-corrected chi connectivity index (χ0v) is 13.9. The summed E-state index contributed by atoms with van der Waals surface area (Å²) in [7, 11) is 0. The second kappa shape index (κ2) is 7.66. The van der Waals surface area contributed by atoms with Crippen molar-refractivity contribution in [2.75, 3.05) is 5.73 Å².